The van der Waals surface area contributed by atoms with Crippen LogP contribution in [0, 0.1) is 29.1 Å². The zero-order valence-electron chi connectivity index (χ0n) is 47.4. The van der Waals surface area contributed by atoms with Gasteiger partial charge in [-0.1, -0.05) is 51.8 Å². The standard InChI is InChI=1S/C57H75FN8O7.5H2S/c1-13-65-47-19-18-39-30-43(47)44(51(65)42-16-14-23-59-49(42)36(4)72-12)31-56(5,6)34-73-55(71)45-17-15-24-66(61-45)54(70)46(29-37-26-38(32-58)28-41(39)27-37)60-52(68)50(35(2)3)63(11)53(69)40-21-25-64(33-40)48(67)20-22-57(7,8)62(9)10;;;;;/h14,16,18-19,23,26-28,30,35-36,40,45-46,50,61H,13,15,17,21,24-25,29,31-34H2,1-12H3,(H,60,68);5*1H2/t36-,40-,45-,46-,50-;;;;;/m0...../s1. The number of likely N-dealkylation sites (tertiary alicyclic amines) is 1. The zero-order valence-corrected chi connectivity index (χ0v) is 52.4. The molecule has 5 heterocycles. The van der Waals surface area contributed by atoms with Gasteiger partial charge < -0.3 is 29.2 Å². The van der Waals surface area contributed by atoms with Gasteiger partial charge in [0, 0.05) is 74.8 Å². The Balaban J connectivity index is 0.00000416. The Labute approximate surface area is 496 Å². The number of halogens is 1. The molecule has 4 amide bonds. The number of carbonyl (C=O) groups is 5. The van der Waals surface area contributed by atoms with Crippen LogP contribution in [0.25, 0.3) is 33.3 Å². The summed E-state index contributed by atoms with van der Waals surface area (Å²) in [5.74, 6) is 2.67. The van der Waals surface area contributed by atoms with Gasteiger partial charge in [0.2, 0.25) is 11.8 Å². The zero-order chi connectivity index (χ0) is 53.1. The molecule has 21 heteroatoms. The molecule has 6 bridgehead atoms. The SMILES string of the molecule is CCn1c(-c2cccnc2[C@H](C)OC)c2c3cc(ccc31)-c1cc(CF)cc(c1)C[C@H](NC(=O)[C@H](C(C)C)N(C)C(=O)[C@H]1CCN(C(=O)C#CC(C)(C)N(C)C)C1)C(=O)N1CCC[C@H](N1)C(=O)OCC(C)(C)C2.S.S.S.S.S. The van der Waals surface area contributed by atoms with Gasteiger partial charge in [0.25, 0.3) is 11.8 Å². The van der Waals surface area contributed by atoms with Crippen LogP contribution >= 0.6 is 67.5 Å². The van der Waals surface area contributed by atoms with Crippen molar-refractivity contribution >= 4 is 108 Å². The Bertz CT molecular complexity index is 2820. The predicted octanol–water partition coefficient (Wildman–Crippen LogP) is 7.45. The lowest BCUT2D eigenvalue weighted by Gasteiger charge is -2.37. The molecule has 7 rings (SSSR count). The number of aromatic nitrogens is 2. The van der Waals surface area contributed by atoms with Gasteiger partial charge in [0.1, 0.15) is 24.8 Å². The maximum Gasteiger partial charge on any atom is 0.324 e. The van der Waals surface area contributed by atoms with Gasteiger partial charge in [-0.3, -0.25) is 38.9 Å². The number of ether oxygens (including phenoxy) is 2. The van der Waals surface area contributed by atoms with E-state index in [2.05, 4.69) is 66.1 Å². The van der Waals surface area contributed by atoms with E-state index in [1.807, 2.05) is 77.9 Å². The molecule has 0 spiro atoms. The molecule has 0 saturated carbocycles. The molecule has 15 nitrogen and oxygen atoms in total. The van der Waals surface area contributed by atoms with E-state index in [1.54, 1.807) is 31.3 Å². The molecule has 3 aliphatic rings. The summed E-state index contributed by atoms with van der Waals surface area (Å²) < 4.78 is 29.3. The van der Waals surface area contributed by atoms with Crippen molar-refractivity contribution < 1.29 is 37.8 Å². The number of benzene rings is 2. The van der Waals surface area contributed by atoms with E-state index in [1.165, 1.54) is 9.91 Å². The Kier molecular flexibility index (Phi) is 26.2. The van der Waals surface area contributed by atoms with Crippen molar-refractivity contribution in [1.29, 1.82) is 0 Å². The highest BCUT2D eigenvalue weighted by molar-refractivity contribution is 7.60. The van der Waals surface area contributed by atoms with E-state index in [0.29, 0.717) is 49.9 Å². The molecule has 0 aliphatic carbocycles. The van der Waals surface area contributed by atoms with Crippen molar-refractivity contribution in [3.8, 4) is 34.2 Å². The molecule has 2 saturated heterocycles. The Morgan fingerprint density at radius 3 is 2.33 bits per heavy atom. The van der Waals surface area contributed by atoms with Crippen molar-refractivity contribution in [1.82, 2.24) is 40.0 Å². The van der Waals surface area contributed by atoms with E-state index < -0.39 is 59.5 Å². The second kappa shape index (κ2) is 29.4. The summed E-state index contributed by atoms with van der Waals surface area (Å²) in [6, 6.07) is 12.7. The van der Waals surface area contributed by atoms with Gasteiger partial charge >= 0.3 is 5.97 Å². The third-order valence-electron chi connectivity index (χ3n) is 15.0. The monoisotopic (exact) mass is 1170 g/mol. The van der Waals surface area contributed by atoms with Crippen molar-refractivity contribution in [2.75, 3.05) is 54.5 Å². The Morgan fingerprint density at radius 1 is 0.987 bits per heavy atom. The quantitative estimate of drug-likeness (QED) is 0.114. The van der Waals surface area contributed by atoms with Gasteiger partial charge in [-0.2, -0.15) is 67.5 Å². The van der Waals surface area contributed by atoms with Crippen molar-refractivity contribution in [3.63, 3.8) is 0 Å². The molecular weight excluding hydrogens is 1090 g/mol. The molecule has 2 aromatic carbocycles. The number of rotatable bonds is 11. The largest absolute Gasteiger partial charge is 0.464 e. The molecule has 2 fully saturated rings. The highest BCUT2D eigenvalue weighted by Crippen LogP contribution is 2.42. The highest BCUT2D eigenvalue weighted by Gasteiger charge is 2.40. The molecule has 4 aromatic rings. The summed E-state index contributed by atoms with van der Waals surface area (Å²) in [5.41, 5.74) is 9.40. The van der Waals surface area contributed by atoms with Crippen LogP contribution < -0.4 is 10.7 Å². The fraction of sp³-hybridized carbons (Fsp3) is 0.544. The van der Waals surface area contributed by atoms with E-state index in [-0.39, 0.29) is 117 Å². The van der Waals surface area contributed by atoms with Crippen LogP contribution in [0.15, 0.2) is 54.7 Å². The first-order valence-corrected chi connectivity index (χ1v) is 25.7. The molecule has 2 aromatic heterocycles. The van der Waals surface area contributed by atoms with Gasteiger partial charge in [-0.05, 0) is 137 Å². The predicted molar refractivity (Wildman–Crippen MR) is 332 cm³/mol. The first-order valence-electron chi connectivity index (χ1n) is 25.7. The van der Waals surface area contributed by atoms with Gasteiger partial charge in [-0.15, -0.1) is 0 Å². The first kappa shape index (κ1) is 69.7. The lowest BCUT2D eigenvalue weighted by atomic mass is 9.84. The smallest absolute Gasteiger partial charge is 0.324 e. The number of hydrogen-bond donors (Lipinski definition) is 2. The number of fused-ring (bicyclic) bond motifs is 6. The maximum atomic E-state index is 15.0. The number of pyridine rings is 1. The Morgan fingerprint density at radius 2 is 1.69 bits per heavy atom. The third kappa shape index (κ3) is 15.5. The van der Waals surface area contributed by atoms with E-state index in [0.717, 1.165) is 44.5 Å². The molecular formula is C57H85FN8O7S5. The molecule has 3 aliphatic heterocycles. The fourth-order valence-electron chi connectivity index (χ4n) is 10.4. The minimum absolute atomic E-state index is 0. The van der Waals surface area contributed by atoms with Crippen molar-refractivity contribution in [2.24, 2.45) is 17.3 Å². The molecule has 0 unspecified atom stereocenters. The number of nitrogens with one attached hydrogen (secondary N) is 2. The number of hydrogen-bond acceptors (Lipinski definition) is 10. The summed E-state index contributed by atoms with van der Waals surface area (Å²) in [5, 5.41) is 5.39. The number of nitrogens with zero attached hydrogens (tertiary/aromatic N) is 6. The number of amides is 4. The van der Waals surface area contributed by atoms with Gasteiger partial charge in [0.05, 0.1) is 35.6 Å². The summed E-state index contributed by atoms with van der Waals surface area (Å²) in [6.07, 6.45) is 3.30. The highest BCUT2D eigenvalue weighted by atomic mass is 32.1. The van der Waals surface area contributed by atoms with Gasteiger partial charge in [0.15, 0.2) is 0 Å². The van der Waals surface area contributed by atoms with Crippen LogP contribution in [-0.4, -0.2) is 137 Å². The summed E-state index contributed by atoms with van der Waals surface area (Å²) in [7, 11) is 7.03. The minimum atomic E-state index is -1.19. The third-order valence-corrected chi connectivity index (χ3v) is 15.0. The average Bonchev–Trinajstić information content (AvgIpc) is 3.98. The van der Waals surface area contributed by atoms with Gasteiger partial charge in [-0.25, -0.2) is 9.82 Å². The number of alkyl halides is 1. The first-order chi connectivity index (χ1) is 34.6. The van der Waals surface area contributed by atoms with Crippen LogP contribution in [0.3, 0.4) is 0 Å². The number of methoxy groups -OCH3 is 1. The summed E-state index contributed by atoms with van der Waals surface area (Å²) in [6.45, 7) is 16.5. The number of hydrazine groups is 1. The summed E-state index contributed by atoms with van der Waals surface area (Å²) in [4.78, 5) is 80.8. The van der Waals surface area contributed by atoms with E-state index >= 15 is 4.39 Å². The topological polar surface area (TPSA) is 159 Å². The fourth-order valence-corrected chi connectivity index (χ4v) is 10.4. The molecule has 0 radical (unpaired) electrons. The van der Waals surface area contributed by atoms with Crippen LogP contribution in [0.2, 0.25) is 0 Å². The average molecular weight is 1170 g/mol. The maximum absolute atomic E-state index is 15.0. The molecule has 2 N–H and O–H groups in total. The lowest BCUT2D eigenvalue weighted by Crippen LogP contribution is -2.62. The minimum Gasteiger partial charge on any atom is -0.464 e. The van der Waals surface area contributed by atoms with Crippen molar-refractivity contribution in [3.05, 3.63) is 77.1 Å². The molecule has 78 heavy (non-hydrogen) atoms. The lowest BCUT2D eigenvalue weighted by molar-refractivity contribution is -0.155. The van der Waals surface area contributed by atoms with Crippen LogP contribution in [-0.2, 0) is 59.5 Å². The van der Waals surface area contributed by atoms with Crippen LogP contribution in [0.5, 0.6) is 0 Å². The second-order valence-electron chi connectivity index (χ2n) is 21.9. The second-order valence-corrected chi connectivity index (χ2v) is 21.9. The molecule has 5 atom stereocenters. The van der Waals surface area contributed by atoms with E-state index in [4.69, 9.17) is 14.5 Å². The van der Waals surface area contributed by atoms with Crippen molar-refractivity contribution in [2.45, 2.75) is 130 Å². The number of cyclic esters (lactones) is 1. The summed E-state index contributed by atoms with van der Waals surface area (Å²) >= 11 is 0. The number of likely N-dealkylation sites (N-methyl/N-ethyl adjacent to an activating group) is 1. The number of esters is 1. The molecule has 432 valence electrons. The van der Waals surface area contributed by atoms with Crippen LogP contribution in [0.4, 0.5) is 4.39 Å². The van der Waals surface area contributed by atoms with Crippen LogP contribution in [0.1, 0.15) is 103 Å². The van der Waals surface area contributed by atoms with E-state index in [9.17, 15) is 24.0 Å². The number of carbonyl (C=O) groups excluding carboxylic acids is 5. The normalized spacial score (nSPS) is 19.0. The number of aryl methyl sites for hydroxylation is 1. The Hall–Kier alpha value is -4.40.